The first-order valence-electron chi connectivity index (χ1n) is 7.43. The quantitative estimate of drug-likeness (QED) is 0.530. The highest BCUT2D eigenvalue weighted by molar-refractivity contribution is 9.10. The maximum Gasteiger partial charge on any atom is 0.340 e. The molecule has 0 aromatic heterocycles. The number of halogens is 2. The van der Waals surface area contributed by atoms with Crippen LogP contribution < -0.4 is 15.8 Å². The number of anilines is 1. The lowest BCUT2D eigenvalue weighted by Gasteiger charge is -2.11. The molecule has 3 amide bonds. The van der Waals surface area contributed by atoms with Gasteiger partial charge in [0.05, 0.1) is 15.5 Å². The van der Waals surface area contributed by atoms with E-state index in [0.717, 1.165) is 10.5 Å². The molecule has 0 bridgehead atoms. The molecule has 148 valence electrons. The van der Waals surface area contributed by atoms with Gasteiger partial charge in [0, 0.05) is 10.2 Å². The van der Waals surface area contributed by atoms with Crippen molar-refractivity contribution in [2.45, 2.75) is 4.90 Å². The zero-order valence-corrected chi connectivity index (χ0v) is 17.1. The maximum absolute atomic E-state index is 12.5. The fourth-order valence-corrected chi connectivity index (χ4v) is 3.49. The number of primary amides is 1. The number of urea groups is 1. The minimum absolute atomic E-state index is 0.0806. The summed E-state index contributed by atoms with van der Waals surface area (Å²) in [6.07, 6.45) is 0. The smallest absolute Gasteiger partial charge is 0.340 e. The van der Waals surface area contributed by atoms with Crippen molar-refractivity contribution in [2.24, 2.45) is 5.73 Å². The molecule has 0 aliphatic heterocycles. The summed E-state index contributed by atoms with van der Waals surface area (Å²) in [4.78, 5) is 33.7. The molecule has 0 fully saturated rings. The Morgan fingerprint density at radius 1 is 1.11 bits per heavy atom. The van der Waals surface area contributed by atoms with Crippen LogP contribution in [0, 0.1) is 0 Å². The summed E-state index contributed by atoms with van der Waals surface area (Å²) in [5.74, 6) is -2.00. The van der Waals surface area contributed by atoms with Gasteiger partial charge in [-0.15, -0.1) is 0 Å². The van der Waals surface area contributed by atoms with Crippen molar-refractivity contribution in [2.75, 3.05) is 11.3 Å². The number of carbonyl (C=O) groups is 3. The number of ether oxygens (including phenoxy) is 1. The number of sulfonamides is 1. The highest BCUT2D eigenvalue weighted by Gasteiger charge is 2.20. The molecule has 0 unspecified atom stereocenters. The van der Waals surface area contributed by atoms with Crippen molar-refractivity contribution >= 4 is 61.1 Å². The number of carbonyl (C=O) groups excluding carboxylic acids is 3. The lowest BCUT2D eigenvalue weighted by molar-refractivity contribution is -0.123. The van der Waals surface area contributed by atoms with Crippen LogP contribution in [0.3, 0.4) is 0 Å². The van der Waals surface area contributed by atoms with E-state index >= 15 is 0 Å². The molecule has 4 N–H and O–H groups in total. The Morgan fingerprint density at radius 3 is 2.36 bits per heavy atom. The molecule has 28 heavy (non-hydrogen) atoms. The molecule has 2 rings (SSSR count). The van der Waals surface area contributed by atoms with Crippen molar-refractivity contribution in [1.82, 2.24) is 5.32 Å². The van der Waals surface area contributed by atoms with Gasteiger partial charge in [0.2, 0.25) is 0 Å². The minimum atomic E-state index is -4.02. The van der Waals surface area contributed by atoms with E-state index in [4.69, 9.17) is 22.1 Å². The minimum Gasteiger partial charge on any atom is -0.452 e. The lowest BCUT2D eigenvalue weighted by atomic mass is 10.2. The molecule has 12 heteroatoms. The van der Waals surface area contributed by atoms with Gasteiger partial charge in [-0.2, -0.15) is 0 Å². The zero-order valence-electron chi connectivity index (χ0n) is 13.9. The highest BCUT2D eigenvalue weighted by Crippen LogP contribution is 2.24. The second kappa shape index (κ2) is 9.04. The number of hydrogen-bond donors (Lipinski definition) is 3. The van der Waals surface area contributed by atoms with Crippen LogP contribution in [0.1, 0.15) is 10.4 Å². The Hall–Kier alpha value is -2.63. The van der Waals surface area contributed by atoms with Crippen LogP contribution in [0.15, 0.2) is 51.8 Å². The summed E-state index contributed by atoms with van der Waals surface area (Å²) < 4.78 is 32.9. The number of benzene rings is 2. The standard InChI is InChI=1S/C16H13BrClN3O6S/c17-9-1-3-10(4-2-9)21-28(25,26)11-5-6-13(18)12(7-11)15(23)27-8-14(22)20-16(19)24/h1-7,21H,8H2,(H3,19,20,22,24). The predicted molar refractivity (Wildman–Crippen MR) is 104 cm³/mol. The molecule has 9 nitrogen and oxygen atoms in total. The van der Waals surface area contributed by atoms with Crippen LogP contribution in [0.5, 0.6) is 0 Å². The van der Waals surface area contributed by atoms with Crippen LogP contribution in [-0.2, 0) is 19.6 Å². The molecule has 2 aromatic carbocycles. The summed E-state index contributed by atoms with van der Waals surface area (Å²) in [5.41, 5.74) is 4.80. The molecule has 0 atom stereocenters. The first-order valence-corrected chi connectivity index (χ1v) is 10.1. The van der Waals surface area contributed by atoms with Gasteiger partial charge in [-0.25, -0.2) is 18.0 Å². The molecule has 0 spiro atoms. The molecule has 0 saturated carbocycles. The molecular weight excluding hydrogens is 478 g/mol. The molecule has 0 aliphatic carbocycles. The Kier molecular flexibility index (Phi) is 7.00. The number of hydrogen-bond acceptors (Lipinski definition) is 6. The van der Waals surface area contributed by atoms with Gasteiger partial charge in [-0.1, -0.05) is 27.5 Å². The molecule has 0 heterocycles. The van der Waals surface area contributed by atoms with E-state index in [1.54, 1.807) is 29.6 Å². The summed E-state index contributed by atoms with van der Waals surface area (Å²) in [6.45, 7) is -0.799. The van der Waals surface area contributed by atoms with Crippen LogP contribution >= 0.6 is 27.5 Å². The maximum atomic E-state index is 12.5. The number of nitrogens with two attached hydrogens (primary N) is 1. The van der Waals surface area contributed by atoms with Gasteiger partial charge in [-0.3, -0.25) is 14.8 Å². The average Bonchev–Trinajstić information content (AvgIpc) is 2.61. The van der Waals surface area contributed by atoms with E-state index in [9.17, 15) is 22.8 Å². The Labute approximate surface area is 173 Å². The van der Waals surface area contributed by atoms with E-state index in [0.29, 0.717) is 5.69 Å². The fraction of sp³-hybridized carbons (Fsp3) is 0.0625. The molecule has 0 radical (unpaired) electrons. The largest absolute Gasteiger partial charge is 0.452 e. The summed E-state index contributed by atoms with van der Waals surface area (Å²) in [7, 11) is -4.02. The first kappa shape index (κ1) is 21.7. The molecule has 2 aromatic rings. The van der Waals surface area contributed by atoms with Crippen LogP contribution in [0.25, 0.3) is 0 Å². The van der Waals surface area contributed by atoms with Crippen LogP contribution in [-0.4, -0.2) is 32.9 Å². The number of esters is 1. The Morgan fingerprint density at radius 2 is 1.75 bits per heavy atom. The number of nitrogens with one attached hydrogen (secondary N) is 2. The van der Waals surface area contributed by atoms with Crippen molar-refractivity contribution in [3.8, 4) is 0 Å². The predicted octanol–water partition coefficient (Wildman–Crippen LogP) is 2.26. The van der Waals surface area contributed by atoms with Gasteiger partial charge in [0.25, 0.3) is 15.9 Å². The van der Waals surface area contributed by atoms with Gasteiger partial charge in [0.1, 0.15) is 0 Å². The van der Waals surface area contributed by atoms with E-state index in [2.05, 4.69) is 20.7 Å². The van der Waals surface area contributed by atoms with Gasteiger partial charge in [0.15, 0.2) is 6.61 Å². The monoisotopic (exact) mass is 489 g/mol. The first-order chi connectivity index (χ1) is 13.1. The summed E-state index contributed by atoms with van der Waals surface area (Å²) >= 11 is 9.17. The van der Waals surface area contributed by atoms with Crippen molar-refractivity contribution in [1.29, 1.82) is 0 Å². The van der Waals surface area contributed by atoms with Gasteiger partial charge in [-0.05, 0) is 42.5 Å². The number of imide groups is 1. The van der Waals surface area contributed by atoms with Crippen molar-refractivity contribution in [3.05, 3.63) is 57.5 Å². The second-order valence-electron chi connectivity index (χ2n) is 5.24. The van der Waals surface area contributed by atoms with Crippen LogP contribution in [0.4, 0.5) is 10.5 Å². The Balaban J connectivity index is 2.19. The summed E-state index contributed by atoms with van der Waals surface area (Å²) in [5, 5.41) is 1.63. The zero-order chi connectivity index (χ0) is 20.9. The lowest BCUT2D eigenvalue weighted by Crippen LogP contribution is -2.37. The van der Waals surface area contributed by atoms with Crippen molar-refractivity contribution in [3.63, 3.8) is 0 Å². The fourth-order valence-electron chi connectivity index (χ4n) is 1.94. The van der Waals surface area contributed by atoms with Crippen LogP contribution in [0.2, 0.25) is 5.02 Å². The normalized spacial score (nSPS) is 10.8. The van der Waals surface area contributed by atoms with Gasteiger partial charge < -0.3 is 10.5 Å². The third-order valence-corrected chi connectivity index (χ3v) is 5.40. The summed E-state index contributed by atoms with van der Waals surface area (Å²) in [6, 6.07) is 8.72. The number of amides is 3. The second-order valence-corrected chi connectivity index (χ2v) is 8.25. The topological polar surface area (TPSA) is 145 Å². The molecule has 0 saturated heterocycles. The van der Waals surface area contributed by atoms with Crippen molar-refractivity contribution < 1.29 is 27.5 Å². The number of rotatable bonds is 6. The van der Waals surface area contributed by atoms with E-state index in [-0.39, 0.29) is 15.5 Å². The van der Waals surface area contributed by atoms with Gasteiger partial charge >= 0.3 is 12.0 Å². The molecule has 0 aliphatic rings. The third kappa shape index (κ3) is 5.94. The van der Waals surface area contributed by atoms with E-state index < -0.39 is 34.5 Å². The Bertz CT molecular complexity index is 1030. The third-order valence-electron chi connectivity index (χ3n) is 3.16. The van der Waals surface area contributed by atoms with E-state index in [1.165, 1.54) is 12.1 Å². The highest BCUT2D eigenvalue weighted by atomic mass is 79.9. The molecular formula is C16H13BrClN3O6S. The average molecular weight is 491 g/mol. The van der Waals surface area contributed by atoms with E-state index in [1.807, 2.05) is 0 Å². The SMILES string of the molecule is NC(=O)NC(=O)COC(=O)c1cc(S(=O)(=O)Nc2ccc(Br)cc2)ccc1Cl.